The second-order valence-corrected chi connectivity index (χ2v) is 13.9. The van der Waals surface area contributed by atoms with E-state index in [0.29, 0.717) is 33.4 Å². The molecule has 4 aromatic carbocycles. The van der Waals surface area contributed by atoms with Crippen molar-refractivity contribution in [3.05, 3.63) is 130 Å². The molecule has 236 valence electrons. The molecule has 2 amide bonds. The Hall–Kier alpha value is -3.85. The van der Waals surface area contributed by atoms with E-state index in [9.17, 15) is 18.0 Å². The van der Waals surface area contributed by atoms with Crippen molar-refractivity contribution in [3.63, 3.8) is 0 Å². The maximum absolute atomic E-state index is 14.5. The van der Waals surface area contributed by atoms with Gasteiger partial charge in [-0.05, 0) is 59.9 Å². The molecule has 0 bridgehead atoms. The zero-order chi connectivity index (χ0) is 32.6. The standard InChI is InChI=1S/C35H37Cl2N3O4S/c1-25(2)22-38-35(42)33(21-27-13-6-4-7-14-27)39(23-28-18-19-30(36)31(37)20-28)34(41)24-40(32-17-11-10-12-26(32)3)45(43,44)29-15-8-5-9-16-29/h4-20,25,33H,21-24H2,1-3H3,(H,38,42)/t33-/m0/s1. The largest absolute Gasteiger partial charge is 0.354 e. The summed E-state index contributed by atoms with van der Waals surface area (Å²) in [7, 11) is -4.17. The average Bonchev–Trinajstić information content (AvgIpc) is 3.03. The molecule has 45 heavy (non-hydrogen) atoms. The Balaban J connectivity index is 1.81. The molecule has 0 saturated carbocycles. The van der Waals surface area contributed by atoms with Gasteiger partial charge in [-0.3, -0.25) is 13.9 Å². The molecule has 0 aliphatic heterocycles. The van der Waals surface area contributed by atoms with Gasteiger partial charge >= 0.3 is 0 Å². The smallest absolute Gasteiger partial charge is 0.264 e. The number of aryl methyl sites for hydroxylation is 1. The number of nitrogens with zero attached hydrogens (tertiary/aromatic N) is 2. The van der Waals surface area contributed by atoms with Gasteiger partial charge in [-0.15, -0.1) is 0 Å². The molecule has 0 fully saturated rings. The van der Waals surface area contributed by atoms with E-state index in [-0.39, 0.29) is 29.7 Å². The number of carbonyl (C=O) groups is 2. The van der Waals surface area contributed by atoms with Crippen LogP contribution in [-0.4, -0.2) is 44.3 Å². The molecule has 0 saturated heterocycles. The third kappa shape index (κ3) is 8.87. The second-order valence-electron chi connectivity index (χ2n) is 11.2. The van der Waals surface area contributed by atoms with Crippen LogP contribution < -0.4 is 9.62 Å². The molecular formula is C35H37Cl2N3O4S. The Labute approximate surface area is 275 Å². The minimum Gasteiger partial charge on any atom is -0.354 e. The number of halogens is 2. The summed E-state index contributed by atoms with van der Waals surface area (Å²) < 4.78 is 29.3. The van der Waals surface area contributed by atoms with Crippen LogP contribution in [-0.2, 0) is 32.6 Å². The molecule has 0 spiro atoms. The van der Waals surface area contributed by atoms with Crippen molar-refractivity contribution in [1.82, 2.24) is 10.2 Å². The maximum Gasteiger partial charge on any atom is 0.264 e. The van der Waals surface area contributed by atoms with E-state index in [2.05, 4.69) is 5.32 Å². The molecule has 7 nitrogen and oxygen atoms in total. The van der Waals surface area contributed by atoms with Gasteiger partial charge in [0.15, 0.2) is 0 Å². The number of amides is 2. The number of sulfonamides is 1. The summed E-state index contributed by atoms with van der Waals surface area (Å²) in [4.78, 5) is 29.9. The molecular weight excluding hydrogens is 629 g/mol. The lowest BCUT2D eigenvalue weighted by atomic mass is 10.0. The minimum atomic E-state index is -4.17. The lowest BCUT2D eigenvalue weighted by Crippen LogP contribution is -2.53. The Kier molecular flexibility index (Phi) is 11.7. The van der Waals surface area contributed by atoms with Gasteiger partial charge in [-0.1, -0.05) is 110 Å². The molecule has 0 aliphatic rings. The molecule has 0 aliphatic carbocycles. The normalized spacial score (nSPS) is 12.0. The number of carbonyl (C=O) groups excluding carboxylic acids is 2. The SMILES string of the molecule is Cc1ccccc1N(CC(=O)N(Cc1ccc(Cl)c(Cl)c1)[C@@H](Cc1ccccc1)C(=O)NCC(C)C)S(=O)(=O)c1ccccc1. The summed E-state index contributed by atoms with van der Waals surface area (Å²) in [5.41, 5.74) is 2.53. The Morgan fingerprint density at radius 3 is 2.04 bits per heavy atom. The Bertz CT molecular complexity index is 1720. The average molecular weight is 667 g/mol. The van der Waals surface area contributed by atoms with E-state index in [1.54, 1.807) is 67.6 Å². The lowest BCUT2D eigenvalue weighted by Gasteiger charge is -2.34. The van der Waals surface area contributed by atoms with Crippen LogP contribution in [0.4, 0.5) is 5.69 Å². The fourth-order valence-electron chi connectivity index (χ4n) is 4.89. The summed E-state index contributed by atoms with van der Waals surface area (Å²) in [6.45, 7) is 5.63. The van der Waals surface area contributed by atoms with Gasteiger partial charge in [0.25, 0.3) is 10.0 Å². The van der Waals surface area contributed by atoms with Crippen molar-refractivity contribution in [2.75, 3.05) is 17.4 Å². The third-order valence-corrected chi connectivity index (χ3v) is 9.80. The van der Waals surface area contributed by atoms with E-state index in [0.717, 1.165) is 9.87 Å². The van der Waals surface area contributed by atoms with Crippen molar-refractivity contribution in [2.24, 2.45) is 5.92 Å². The van der Waals surface area contributed by atoms with Gasteiger partial charge in [0.05, 0.1) is 20.6 Å². The number of benzene rings is 4. The van der Waals surface area contributed by atoms with E-state index >= 15 is 0 Å². The molecule has 0 heterocycles. The first-order chi connectivity index (χ1) is 21.5. The summed E-state index contributed by atoms with van der Waals surface area (Å²) in [5, 5.41) is 3.64. The quantitative estimate of drug-likeness (QED) is 0.168. The summed E-state index contributed by atoms with van der Waals surface area (Å²) >= 11 is 12.5. The molecule has 1 atom stereocenters. The van der Waals surface area contributed by atoms with Crippen molar-refractivity contribution < 1.29 is 18.0 Å². The molecule has 4 rings (SSSR count). The highest BCUT2D eigenvalue weighted by Crippen LogP contribution is 2.28. The van der Waals surface area contributed by atoms with Crippen molar-refractivity contribution in [2.45, 2.75) is 44.7 Å². The van der Waals surface area contributed by atoms with E-state index in [1.165, 1.54) is 17.0 Å². The summed E-state index contributed by atoms with van der Waals surface area (Å²) in [6, 6.07) is 28.5. The van der Waals surface area contributed by atoms with Crippen molar-refractivity contribution in [1.29, 1.82) is 0 Å². The van der Waals surface area contributed by atoms with Crippen LogP contribution in [0, 0.1) is 12.8 Å². The predicted molar refractivity (Wildman–Crippen MR) is 181 cm³/mol. The van der Waals surface area contributed by atoms with Crippen LogP contribution in [0.1, 0.15) is 30.5 Å². The topological polar surface area (TPSA) is 86.8 Å². The van der Waals surface area contributed by atoms with E-state index < -0.39 is 28.5 Å². The highest BCUT2D eigenvalue weighted by molar-refractivity contribution is 7.92. The molecule has 0 unspecified atom stereocenters. The van der Waals surface area contributed by atoms with Gasteiger partial charge in [-0.25, -0.2) is 8.42 Å². The van der Waals surface area contributed by atoms with Gasteiger partial charge < -0.3 is 10.2 Å². The molecule has 1 N–H and O–H groups in total. The number of para-hydroxylation sites is 1. The highest BCUT2D eigenvalue weighted by atomic mass is 35.5. The van der Waals surface area contributed by atoms with Gasteiger partial charge in [0.1, 0.15) is 12.6 Å². The number of rotatable bonds is 13. The molecule has 0 radical (unpaired) electrons. The molecule has 4 aromatic rings. The van der Waals surface area contributed by atoms with Crippen molar-refractivity contribution in [3.8, 4) is 0 Å². The maximum atomic E-state index is 14.5. The van der Waals surface area contributed by atoms with Crippen LogP contribution in [0.25, 0.3) is 0 Å². The predicted octanol–water partition coefficient (Wildman–Crippen LogP) is 6.91. The number of anilines is 1. The van der Waals surface area contributed by atoms with Crippen LogP contribution in [0.15, 0.2) is 108 Å². The lowest BCUT2D eigenvalue weighted by molar-refractivity contribution is -0.140. The zero-order valence-corrected chi connectivity index (χ0v) is 27.8. The fraction of sp³-hybridized carbons (Fsp3) is 0.257. The second kappa shape index (κ2) is 15.4. The zero-order valence-electron chi connectivity index (χ0n) is 25.5. The number of hydrogen-bond donors (Lipinski definition) is 1. The first-order valence-electron chi connectivity index (χ1n) is 14.7. The minimum absolute atomic E-state index is 0.00465. The van der Waals surface area contributed by atoms with E-state index in [1.807, 2.05) is 44.2 Å². The monoisotopic (exact) mass is 665 g/mol. The van der Waals surface area contributed by atoms with E-state index in [4.69, 9.17) is 23.2 Å². The third-order valence-electron chi connectivity index (χ3n) is 7.29. The number of nitrogens with one attached hydrogen (secondary N) is 1. The Morgan fingerprint density at radius 1 is 0.800 bits per heavy atom. The van der Waals surface area contributed by atoms with Gasteiger partial charge in [0.2, 0.25) is 11.8 Å². The summed E-state index contributed by atoms with van der Waals surface area (Å²) in [6.07, 6.45) is 0.216. The van der Waals surface area contributed by atoms with Crippen LogP contribution in [0.3, 0.4) is 0 Å². The van der Waals surface area contributed by atoms with Crippen LogP contribution in [0.5, 0.6) is 0 Å². The number of hydrogen-bond acceptors (Lipinski definition) is 4. The highest BCUT2D eigenvalue weighted by Gasteiger charge is 2.35. The Morgan fingerprint density at radius 2 is 1.42 bits per heavy atom. The van der Waals surface area contributed by atoms with Crippen LogP contribution >= 0.6 is 23.2 Å². The van der Waals surface area contributed by atoms with Gasteiger partial charge in [-0.2, -0.15) is 0 Å². The van der Waals surface area contributed by atoms with Crippen LogP contribution in [0.2, 0.25) is 10.0 Å². The first kappa shape index (κ1) is 34.0. The molecule has 10 heteroatoms. The van der Waals surface area contributed by atoms with Gasteiger partial charge in [0, 0.05) is 19.5 Å². The summed E-state index contributed by atoms with van der Waals surface area (Å²) in [5.74, 6) is -0.711. The fourth-order valence-corrected chi connectivity index (χ4v) is 6.71. The van der Waals surface area contributed by atoms with Crippen molar-refractivity contribution >= 4 is 50.7 Å². The first-order valence-corrected chi connectivity index (χ1v) is 16.9. The molecule has 0 aromatic heterocycles.